The van der Waals surface area contributed by atoms with Crippen molar-refractivity contribution in [1.29, 1.82) is 5.26 Å². The van der Waals surface area contributed by atoms with Crippen molar-refractivity contribution in [2.75, 3.05) is 6.54 Å². The lowest BCUT2D eigenvalue weighted by atomic mass is 10.0. The molecular weight excluding hydrogens is 298 g/mol. The van der Waals surface area contributed by atoms with Crippen LogP contribution in [0.15, 0.2) is 23.1 Å². The Morgan fingerprint density at radius 2 is 2.25 bits per heavy atom. The van der Waals surface area contributed by atoms with Crippen LogP contribution in [0.5, 0.6) is 0 Å². The van der Waals surface area contributed by atoms with E-state index in [-0.39, 0.29) is 27.6 Å². The SMILES string of the molecule is CC1CC(NS(=O)(=O)c2cc(C#N)ccc2Cl)CCN1. The average molecular weight is 314 g/mol. The topological polar surface area (TPSA) is 82.0 Å². The summed E-state index contributed by atoms with van der Waals surface area (Å²) in [6.07, 6.45) is 1.47. The Hall–Kier alpha value is -1.13. The lowest BCUT2D eigenvalue weighted by Crippen LogP contribution is -2.46. The smallest absolute Gasteiger partial charge is 0.242 e. The van der Waals surface area contributed by atoms with Crippen molar-refractivity contribution in [2.24, 2.45) is 0 Å². The number of piperidine rings is 1. The number of benzene rings is 1. The van der Waals surface area contributed by atoms with E-state index < -0.39 is 10.0 Å². The second-order valence-corrected chi connectivity index (χ2v) is 7.04. The Bertz CT molecular complexity index is 640. The Morgan fingerprint density at radius 1 is 1.50 bits per heavy atom. The molecule has 0 bridgehead atoms. The van der Waals surface area contributed by atoms with Crippen LogP contribution in [0.25, 0.3) is 0 Å². The van der Waals surface area contributed by atoms with Crippen molar-refractivity contribution in [3.05, 3.63) is 28.8 Å². The zero-order valence-corrected chi connectivity index (χ0v) is 12.6. The fourth-order valence-corrected chi connectivity index (χ4v) is 4.11. The molecule has 0 radical (unpaired) electrons. The fraction of sp³-hybridized carbons (Fsp3) is 0.462. The molecule has 2 atom stereocenters. The number of hydrogen-bond acceptors (Lipinski definition) is 4. The van der Waals surface area contributed by atoms with Gasteiger partial charge in [-0.25, -0.2) is 13.1 Å². The molecule has 0 saturated carbocycles. The zero-order chi connectivity index (χ0) is 14.8. The normalized spacial score (nSPS) is 23.2. The van der Waals surface area contributed by atoms with Crippen LogP contribution in [0.3, 0.4) is 0 Å². The number of nitrogens with zero attached hydrogens (tertiary/aromatic N) is 1. The standard InChI is InChI=1S/C13H16ClN3O2S/c1-9-6-11(4-5-16-9)17-20(18,19)13-7-10(8-15)2-3-12(13)14/h2-3,7,9,11,16-17H,4-6H2,1H3. The summed E-state index contributed by atoms with van der Waals surface area (Å²) < 4.78 is 27.4. The molecule has 1 heterocycles. The fourth-order valence-electron chi connectivity index (χ4n) is 2.30. The van der Waals surface area contributed by atoms with Crippen molar-refractivity contribution in [1.82, 2.24) is 10.0 Å². The van der Waals surface area contributed by atoms with Crippen LogP contribution in [-0.4, -0.2) is 27.0 Å². The van der Waals surface area contributed by atoms with Crippen LogP contribution in [0.4, 0.5) is 0 Å². The number of halogens is 1. The van der Waals surface area contributed by atoms with Gasteiger partial charge >= 0.3 is 0 Å². The van der Waals surface area contributed by atoms with Crippen molar-refractivity contribution >= 4 is 21.6 Å². The minimum Gasteiger partial charge on any atom is -0.314 e. The third-order valence-corrected chi connectivity index (χ3v) is 5.30. The molecule has 108 valence electrons. The van der Waals surface area contributed by atoms with Crippen molar-refractivity contribution in [3.63, 3.8) is 0 Å². The van der Waals surface area contributed by atoms with Gasteiger partial charge in [0.15, 0.2) is 0 Å². The summed E-state index contributed by atoms with van der Waals surface area (Å²) in [4.78, 5) is -0.0376. The number of hydrogen-bond donors (Lipinski definition) is 2. The highest BCUT2D eigenvalue weighted by Crippen LogP contribution is 2.23. The second-order valence-electron chi connectivity index (χ2n) is 4.95. The molecule has 1 fully saturated rings. The monoisotopic (exact) mass is 313 g/mol. The van der Waals surface area contributed by atoms with Crippen LogP contribution in [0, 0.1) is 11.3 Å². The van der Waals surface area contributed by atoms with Gasteiger partial charge in [0.1, 0.15) is 4.90 Å². The molecule has 2 unspecified atom stereocenters. The number of rotatable bonds is 3. The average Bonchev–Trinajstić information content (AvgIpc) is 2.38. The first-order valence-corrected chi connectivity index (χ1v) is 8.24. The molecule has 1 aliphatic heterocycles. The predicted octanol–water partition coefficient (Wildman–Crippen LogP) is 1.63. The molecule has 20 heavy (non-hydrogen) atoms. The maximum Gasteiger partial charge on any atom is 0.242 e. The van der Waals surface area contributed by atoms with E-state index in [0.29, 0.717) is 0 Å². The molecular formula is C13H16ClN3O2S. The molecule has 1 saturated heterocycles. The van der Waals surface area contributed by atoms with Crippen LogP contribution in [-0.2, 0) is 10.0 Å². The van der Waals surface area contributed by atoms with Gasteiger partial charge in [0.05, 0.1) is 16.7 Å². The molecule has 0 aliphatic carbocycles. The van der Waals surface area contributed by atoms with E-state index in [1.165, 1.54) is 18.2 Å². The highest BCUT2D eigenvalue weighted by Gasteiger charge is 2.26. The second kappa shape index (κ2) is 6.10. The summed E-state index contributed by atoms with van der Waals surface area (Å²) in [7, 11) is -3.71. The molecule has 1 aromatic rings. The van der Waals surface area contributed by atoms with Crippen LogP contribution in [0.1, 0.15) is 25.3 Å². The lowest BCUT2D eigenvalue weighted by molar-refractivity contribution is 0.361. The van der Waals surface area contributed by atoms with E-state index in [1.54, 1.807) is 0 Å². The van der Waals surface area contributed by atoms with Crippen LogP contribution in [0.2, 0.25) is 5.02 Å². The van der Waals surface area contributed by atoms with E-state index in [9.17, 15) is 8.42 Å². The van der Waals surface area contributed by atoms with Gasteiger partial charge in [0.25, 0.3) is 0 Å². The van der Waals surface area contributed by atoms with E-state index in [4.69, 9.17) is 16.9 Å². The van der Waals surface area contributed by atoms with Gasteiger partial charge in [-0.1, -0.05) is 11.6 Å². The minimum atomic E-state index is -3.71. The Kier molecular flexibility index (Phi) is 4.66. The van der Waals surface area contributed by atoms with Gasteiger partial charge in [-0.15, -0.1) is 0 Å². The van der Waals surface area contributed by atoms with Crippen LogP contribution < -0.4 is 10.0 Å². The Morgan fingerprint density at radius 3 is 2.90 bits per heavy atom. The highest BCUT2D eigenvalue weighted by atomic mass is 35.5. The van der Waals surface area contributed by atoms with Crippen molar-refractivity contribution in [3.8, 4) is 6.07 Å². The van der Waals surface area contributed by atoms with E-state index in [1.807, 2.05) is 13.0 Å². The summed E-state index contributed by atoms with van der Waals surface area (Å²) in [5.41, 5.74) is 0.272. The molecule has 7 heteroatoms. The first kappa shape index (κ1) is 15.3. The third-order valence-electron chi connectivity index (χ3n) is 3.30. The summed E-state index contributed by atoms with van der Waals surface area (Å²) in [6.45, 7) is 2.80. The van der Waals surface area contributed by atoms with E-state index in [2.05, 4.69) is 10.0 Å². The maximum absolute atomic E-state index is 12.4. The number of sulfonamides is 1. The molecule has 2 N–H and O–H groups in total. The molecule has 0 aromatic heterocycles. The largest absolute Gasteiger partial charge is 0.314 e. The lowest BCUT2D eigenvalue weighted by Gasteiger charge is -2.28. The molecule has 5 nitrogen and oxygen atoms in total. The molecule has 0 spiro atoms. The van der Waals surface area contributed by atoms with Gasteiger partial charge < -0.3 is 5.32 Å². The van der Waals surface area contributed by atoms with Crippen molar-refractivity contribution < 1.29 is 8.42 Å². The van der Waals surface area contributed by atoms with Gasteiger partial charge in [-0.05, 0) is 44.5 Å². The van der Waals surface area contributed by atoms with Crippen molar-refractivity contribution in [2.45, 2.75) is 36.7 Å². The molecule has 0 amide bonds. The highest BCUT2D eigenvalue weighted by molar-refractivity contribution is 7.89. The first-order chi connectivity index (χ1) is 9.42. The summed E-state index contributed by atoms with van der Waals surface area (Å²) in [5, 5.41) is 12.2. The van der Waals surface area contributed by atoms with Gasteiger partial charge in [-0.2, -0.15) is 5.26 Å². The third kappa shape index (κ3) is 3.49. The first-order valence-electron chi connectivity index (χ1n) is 6.38. The summed E-state index contributed by atoms with van der Waals surface area (Å²) >= 11 is 5.94. The van der Waals surface area contributed by atoms with E-state index in [0.717, 1.165) is 19.4 Å². The van der Waals surface area contributed by atoms with Crippen LogP contribution >= 0.6 is 11.6 Å². The zero-order valence-electron chi connectivity index (χ0n) is 11.1. The Labute approximate surface area is 124 Å². The number of nitriles is 1. The molecule has 2 rings (SSSR count). The summed E-state index contributed by atoms with van der Waals surface area (Å²) in [5.74, 6) is 0. The Balaban J connectivity index is 2.24. The van der Waals surface area contributed by atoms with E-state index >= 15 is 0 Å². The minimum absolute atomic E-state index is 0.0376. The predicted molar refractivity (Wildman–Crippen MR) is 77.0 cm³/mol. The molecule has 1 aliphatic rings. The van der Waals surface area contributed by atoms with Gasteiger partial charge in [-0.3, -0.25) is 0 Å². The quantitative estimate of drug-likeness (QED) is 0.888. The van der Waals surface area contributed by atoms with Gasteiger partial charge in [0, 0.05) is 12.1 Å². The molecule has 1 aromatic carbocycles. The van der Waals surface area contributed by atoms with Gasteiger partial charge in [0.2, 0.25) is 10.0 Å². The maximum atomic E-state index is 12.4. The number of nitrogens with one attached hydrogen (secondary N) is 2. The summed E-state index contributed by atoms with van der Waals surface area (Å²) in [6, 6.07) is 6.30.